The van der Waals surface area contributed by atoms with Crippen LogP contribution in [0.2, 0.25) is 5.02 Å². The average Bonchev–Trinajstić information content (AvgIpc) is 2.98. The number of nitrogens with zero attached hydrogens (tertiary/aromatic N) is 1. The normalized spacial score (nSPS) is 16.2. The molecular formula is C17H21ClN4O2. The highest BCUT2D eigenvalue weighted by atomic mass is 35.5. The van der Waals surface area contributed by atoms with E-state index in [-0.39, 0.29) is 24.4 Å². The maximum atomic E-state index is 12.2. The monoisotopic (exact) mass is 348 g/mol. The Labute approximate surface area is 145 Å². The first-order valence-electron chi connectivity index (χ1n) is 8.05. The van der Waals surface area contributed by atoms with Gasteiger partial charge < -0.3 is 20.5 Å². The Hall–Kier alpha value is -2.05. The fraction of sp³-hybridized carbons (Fsp3) is 0.412. The van der Waals surface area contributed by atoms with Gasteiger partial charge in [-0.1, -0.05) is 17.7 Å². The van der Waals surface area contributed by atoms with E-state index >= 15 is 0 Å². The number of rotatable bonds is 4. The largest absolute Gasteiger partial charge is 0.352 e. The lowest BCUT2D eigenvalue weighted by molar-refractivity contribution is -0.121. The van der Waals surface area contributed by atoms with Gasteiger partial charge >= 0.3 is 0 Å². The van der Waals surface area contributed by atoms with Crippen LogP contribution in [0.15, 0.2) is 24.3 Å². The van der Waals surface area contributed by atoms with Crippen molar-refractivity contribution in [3.63, 3.8) is 0 Å². The Morgan fingerprint density at radius 3 is 2.79 bits per heavy atom. The summed E-state index contributed by atoms with van der Waals surface area (Å²) < 4.78 is 0. The molecule has 7 heteroatoms. The third-order valence-electron chi connectivity index (χ3n) is 4.32. The van der Waals surface area contributed by atoms with E-state index in [1.807, 2.05) is 6.07 Å². The summed E-state index contributed by atoms with van der Waals surface area (Å²) >= 11 is 5.94. The number of aromatic amines is 1. The second-order valence-corrected chi connectivity index (χ2v) is 6.68. The molecule has 0 bridgehead atoms. The van der Waals surface area contributed by atoms with Gasteiger partial charge in [0.15, 0.2) is 0 Å². The molecule has 3 N–H and O–H groups in total. The number of aromatic nitrogens is 1. The van der Waals surface area contributed by atoms with Gasteiger partial charge in [-0.3, -0.25) is 9.59 Å². The van der Waals surface area contributed by atoms with Crippen molar-refractivity contribution in [1.29, 1.82) is 0 Å². The van der Waals surface area contributed by atoms with Crippen molar-refractivity contribution in [3.05, 3.63) is 35.0 Å². The first-order chi connectivity index (χ1) is 11.5. The van der Waals surface area contributed by atoms with E-state index in [1.165, 1.54) is 0 Å². The lowest BCUT2D eigenvalue weighted by atomic mass is 10.1. The van der Waals surface area contributed by atoms with Crippen LogP contribution < -0.4 is 10.6 Å². The number of piperidine rings is 1. The summed E-state index contributed by atoms with van der Waals surface area (Å²) in [5.41, 5.74) is 1.21. The second-order valence-electron chi connectivity index (χ2n) is 6.24. The average molecular weight is 349 g/mol. The van der Waals surface area contributed by atoms with Crippen LogP contribution in [0.1, 0.15) is 23.3 Å². The molecule has 0 saturated carbocycles. The van der Waals surface area contributed by atoms with Crippen molar-refractivity contribution in [1.82, 2.24) is 20.5 Å². The SMILES string of the molecule is CN1CCC(NC(=O)CNC(=O)c2cc3ccc(Cl)cc3[nH]2)CC1. The van der Waals surface area contributed by atoms with Gasteiger partial charge in [-0.15, -0.1) is 0 Å². The molecule has 24 heavy (non-hydrogen) atoms. The number of carbonyl (C=O) groups excluding carboxylic acids is 2. The van der Waals surface area contributed by atoms with Gasteiger partial charge in [0.25, 0.3) is 5.91 Å². The van der Waals surface area contributed by atoms with E-state index in [0.29, 0.717) is 10.7 Å². The van der Waals surface area contributed by atoms with Crippen molar-refractivity contribution >= 4 is 34.3 Å². The number of H-pyrrole nitrogens is 1. The molecule has 1 fully saturated rings. The van der Waals surface area contributed by atoms with E-state index in [2.05, 4.69) is 27.6 Å². The zero-order valence-corrected chi connectivity index (χ0v) is 14.3. The molecule has 2 aromatic rings. The van der Waals surface area contributed by atoms with Crippen molar-refractivity contribution in [2.45, 2.75) is 18.9 Å². The highest BCUT2D eigenvalue weighted by Gasteiger charge is 2.19. The van der Waals surface area contributed by atoms with Gasteiger partial charge in [0.05, 0.1) is 6.54 Å². The molecule has 0 aliphatic carbocycles. The Bertz CT molecular complexity index is 750. The number of hydrogen-bond donors (Lipinski definition) is 3. The number of fused-ring (bicyclic) bond motifs is 1. The van der Waals surface area contributed by atoms with Gasteiger partial charge in [-0.25, -0.2) is 0 Å². The summed E-state index contributed by atoms with van der Waals surface area (Å²) in [6.45, 7) is 1.94. The lowest BCUT2D eigenvalue weighted by Crippen LogP contribution is -2.46. The highest BCUT2D eigenvalue weighted by molar-refractivity contribution is 6.31. The van der Waals surface area contributed by atoms with Gasteiger partial charge in [0, 0.05) is 22.0 Å². The first-order valence-corrected chi connectivity index (χ1v) is 8.43. The van der Waals surface area contributed by atoms with Gasteiger partial charge in [0.1, 0.15) is 5.69 Å². The summed E-state index contributed by atoms with van der Waals surface area (Å²) in [5.74, 6) is -0.460. The molecule has 3 rings (SSSR count). The fourth-order valence-electron chi connectivity index (χ4n) is 2.91. The van der Waals surface area contributed by atoms with E-state index < -0.39 is 0 Å². The van der Waals surface area contributed by atoms with Crippen molar-refractivity contribution in [3.8, 4) is 0 Å². The third-order valence-corrected chi connectivity index (χ3v) is 4.56. The van der Waals surface area contributed by atoms with E-state index in [1.54, 1.807) is 18.2 Å². The maximum Gasteiger partial charge on any atom is 0.268 e. The number of likely N-dealkylation sites (tertiary alicyclic amines) is 1. The molecule has 2 heterocycles. The Morgan fingerprint density at radius 2 is 2.04 bits per heavy atom. The van der Waals surface area contributed by atoms with Crippen molar-refractivity contribution < 1.29 is 9.59 Å². The molecule has 0 radical (unpaired) electrons. The molecule has 1 aromatic heterocycles. The summed E-state index contributed by atoms with van der Waals surface area (Å²) in [6.07, 6.45) is 1.89. The second kappa shape index (κ2) is 7.23. The fourth-order valence-corrected chi connectivity index (χ4v) is 3.08. The minimum absolute atomic E-state index is 0.0265. The molecule has 1 aliphatic rings. The lowest BCUT2D eigenvalue weighted by Gasteiger charge is -2.29. The van der Waals surface area contributed by atoms with Crippen molar-refractivity contribution in [2.24, 2.45) is 0 Å². The van der Waals surface area contributed by atoms with Crippen LogP contribution in [-0.4, -0.2) is 54.4 Å². The van der Waals surface area contributed by atoms with E-state index in [9.17, 15) is 9.59 Å². The van der Waals surface area contributed by atoms with Crippen LogP contribution in [0.4, 0.5) is 0 Å². The summed E-state index contributed by atoms with van der Waals surface area (Å²) in [6, 6.07) is 7.32. The molecule has 0 atom stereocenters. The quantitative estimate of drug-likeness (QED) is 0.788. The third kappa shape index (κ3) is 4.07. The Kier molecular flexibility index (Phi) is 5.06. The van der Waals surface area contributed by atoms with Crippen LogP contribution in [0.5, 0.6) is 0 Å². The number of halogens is 1. The zero-order chi connectivity index (χ0) is 17.1. The summed E-state index contributed by atoms with van der Waals surface area (Å²) in [4.78, 5) is 29.4. The number of carbonyl (C=O) groups is 2. The molecule has 1 aromatic carbocycles. The van der Waals surface area contributed by atoms with E-state index in [0.717, 1.165) is 36.8 Å². The van der Waals surface area contributed by atoms with Crippen LogP contribution in [0, 0.1) is 0 Å². The molecule has 2 amide bonds. The van der Waals surface area contributed by atoms with Crippen LogP contribution in [-0.2, 0) is 4.79 Å². The molecule has 1 aliphatic heterocycles. The van der Waals surface area contributed by atoms with Gasteiger partial charge in [-0.2, -0.15) is 0 Å². The first kappa shape index (κ1) is 16.8. The van der Waals surface area contributed by atoms with Gasteiger partial charge in [0.2, 0.25) is 5.91 Å². The van der Waals surface area contributed by atoms with Gasteiger partial charge in [-0.05, 0) is 51.2 Å². The summed E-state index contributed by atoms with van der Waals surface area (Å²) in [7, 11) is 2.08. The predicted octanol–water partition coefficient (Wildman–Crippen LogP) is 1.76. The molecule has 128 valence electrons. The smallest absolute Gasteiger partial charge is 0.268 e. The Morgan fingerprint density at radius 1 is 1.29 bits per heavy atom. The molecule has 0 spiro atoms. The number of amides is 2. The summed E-state index contributed by atoms with van der Waals surface area (Å²) in [5, 5.41) is 7.13. The maximum absolute atomic E-state index is 12.2. The highest BCUT2D eigenvalue weighted by Crippen LogP contribution is 2.19. The topological polar surface area (TPSA) is 77.2 Å². The molecule has 0 unspecified atom stereocenters. The van der Waals surface area contributed by atoms with Crippen LogP contribution in [0.3, 0.4) is 0 Å². The van der Waals surface area contributed by atoms with Crippen molar-refractivity contribution in [2.75, 3.05) is 26.7 Å². The zero-order valence-electron chi connectivity index (χ0n) is 13.6. The molecule has 1 saturated heterocycles. The Balaban J connectivity index is 1.51. The molecule has 6 nitrogen and oxygen atoms in total. The number of hydrogen-bond acceptors (Lipinski definition) is 3. The standard InChI is InChI=1S/C17H21ClN4O2/c1-22-6-4-13(5-7-22)20-16(23)10-19-17(24)15-8-11-2-3-12(18)9-14(11)21-15/h2-3,8-9,13,21H,4-7,10H2,1H3,(H,19,24)(H,20,23). The van der Waals surface area contributed by atoms with Crippen LogP contribution in [0.25, 0.3) is 10.9 Å². The number of nitrogens with one attached hydrogen (secondary N) is 3. The molecular weight excluding hydrogens is 328 g/mol. The van der Waals surface area contributed by atoms with E-state index in [4.69, 9.17) is 11.6 Å². The number of benzene rings is 1. The minimum atomic E-state index is -0.305. The minimum Gasteiger partial charge on any atom is -0.352 e. The van der Waals surface area contributed by atoms with Crippen LogP contribution >= 0.6 is 11.6 Å². The predicted molar refractivity (Wildman–Crippen MR) is 94.3 cm³/mol.